The molecule has 30 heavy (non-hydrogen) atoms. The standard InChI is InChI=1S/C21H17N3O5S/c1-11-3-5-12(6-4-11)18(26)16-17(13-7-8-14(25)15(9-13)29-2)24(20(28)19(16)27)21-23-22-10-30-21/h3-10,17,25-26H,1-2H3/b18-16+. The summed E-state index contributed by atoms with van der Waals surface area (Å²) in [6.07, 6.45) is 0. The number of carbonyl (C=O) groups excluding carboxylic acids is 2. The number of carbonyl (C=O) groups is 2. The SMILES string of the molecule is COc1cc(C2/C(=C(\O)c3ccc(C)cc3)C(=O)C(=O)N2c2nncs2)ccc1O. The van der Waals surface area contributed by atoms with Crippen LogP contribution in [0.15, 0.2) is 53.5 Å². The minimum atomic E-state index is -0.964. The summed E-state index contributed by atoms with van der Waals surface area (Å²) in [7, 11) is 1.40. The van der Waals surface area contributed by atoms with Gasteiger partial charge in [-0.3, -0.25) is 14.5 Å². The first kappa shape index (κ1) is 19.6. The lowest BCUT2D eigenvalue weighted by molar-refractivity contribution is -0.132. The second-order valence-electron chi connectivity index (χ2n) is 6.69. The number of aromatic nitrogens is 2. The first-order valence-corrected chi connectivity index (χ1v) is 9.81. The highest BCUT2D eigenvalue weighted by Crippen LogP contribution is 2.44. The molecule has 9 heteroatoms. The highest BCUT2D eigenvalue weighted by Gasteiger charge is 2.48. The second-order valence-corrected chi connectivity index (χ2v) is 7.50. The number of amides is 1. The fourth-order valence-electron chi connectivity index (χ4n) is 3.35. The van der Waals surface area contributed by atoms with Gasteiger partial charge in [0, 0.05) is 5.56 Å². The number of rotatable bonds is 4. The maximum atomic E-state index is 13.0. The third-order valence-corrected chi connectivity index (χ3v) is 5.53. The van der Waals surface area contributed by atoms with Gasteiger partial charge in [0.2, 0.25) is 5.13 Å². The number of ether oxygens (including phenoxy) is 1. The van der Waals surface area contributed by atoms with Gasteiger partial charge in [0.1, 0.15) is 11.3 Å². The minimum absolute atomic E-state index is 0.0770. The van der Waals surface area contributed by atoms with Crippen molar-refractivity contribution in [3.63, 3.8) is 0 Å². The van der Waals surface area contributed by atoms with Crippen LogP contribution in [0.5, 0.6) is 11.5 Å². The Kier molecular flexibility index (Phi) is 4.96. The number of benzene rings is 2. The molecule has 1 aliphatic heterocycles. The van der Waals surface area contributed by atoms with Crippen molar-refractivity contribution in [1.82, 2.24) is 10.2 Å². The molecule has 1 aromatic heterocycles. The molecule has 1 amide bonds. The zero-order valence-corrected chi connectivity index (χ0v) is 16.9. The maximum absolute atomic E-state index is 13.0. The van der Waals surface area contributed by atoms with Gasteiger partial charge in [-0.05, 0) is 24.6 Å². The molecule has 152 valence electrons. The van der Waals surface area contributed by atoms with Gasteiger partial charge in [-0.2, -0.15) is 0 Å². The third-order valence-electron chi connectivity index (χ3n) is 4.84. The zero-order chi connectivity index (χ0) is 21.4. The van der Waals surface area contributed by atoms with Crippen LogP contribution in [0, 0.1) is 6.92 Å². The van der Waals surface area contributed by atoms with Gasteiger partial charge in [-0.25, -0.2) is 0 Å². The molecule has 4 rings (SSSR count). The number of phenolic OH excluding ortho intramolecular Hbond substituents is 1. The summed E-state index contributed by atoms with van der Waals surface area (Å²) < 4.78 is 5.18. The molecule has 0 spiro atoms. The van der Waals surface area contributed by atoms with Gasteiger partial charge in [-0.1, -0.05) is 47.2 Å². The van der Waals surface area contributed by atoms with Crippen molar-refractivity contribution < 1.29 is 24.5 Å². The lowest BCUT2D eigenvalue weighted by Crippen LogP contribution is -2.29. The van der Waals surface area contributed by atoms with Gasteiger partial charge in [0.05, 0.1) is 18.7 Å². The van der Waals surface area contributed by atoms with Crippen molar-refractivity contribution in [1.29, 1.82) is 0 Å². The fourth-order valence-corrected chi connectivity index (χ4v) is 3.93. The quantitative estimate of drug-likeness (QED) is 0.376. The summed E-state index contributed by atoms with van der Waals surface area (Å²) in [5.41, 5.74) is 3.23. The number of aliphatic hydroxyl groups is 1. The van der Waals surface area contributed by atoms with E-state index in [2.05, 4.69) is 10.2 Å². The van der Waals surface area contributed by atoms with Gasteiger partial charge in [0.25, 0.3) is 5.78 Å². The molecule has 8 nitrogen and oxygen atoms in total. The van der Waals surface area contributed by atoms with Crippen LogP contribution in [-0.4, -0.2) is 39.2 Å². The molecular formula is C21H17N3O5S. The van der Waals surface area contributed by atoms with Crippen LogP contribution in [0.3, 0.4) is 0 Å². The lowest BCUT2D eigenvalue weighted by Gasteiger charge is -2.23. The van der Waals surface area contributed by atoms with Crippen molar-refractivity contribution in [3.05, 3.63) is 70.2 Å². The normalized spacial score (nSPS) is 18.1. The van der Waals surface area contributed by atoms with Gasteiger partial charge < -0.3 is 14.9 Å². The molecule has 2 heterocycles. The maximum Gasteiger partial charge on any atom is 0.301 e. The van der Waals surface area contributed by atoms with Gasteiger partial charge in [0.15, 0.2) is 11.5 Å². The number of aromatic hydroxyl groups is 1. The molecule has 0 bridgehead atoms. The Morgan fingerprint density at radius 2 is 1.90 bits per heavy atom. The molecular weight excluding hydrogens is 406 g/mol. The molecule has 1 atom stereocenters. The fraction of sp³-hybridized carbons (Fsp3) is 0.143. The van der Waals surface area contributed by atoms with E-state index in [1.807, 2.05) is 6.92 Å². The summed E-state index contributed by atoms with van der Waals surface area (Å²) in [4.78, 5) is 27.1. The van der Waals surface area contributed by atoms with Crippen LogP contribution in [0.1, 0.15) is 22.7 Å². The predicted octanol–water partition coefficient (Wildman–Crippen LogP) is 3.19. The smallest absolute Gasteiger partial charge is 0.301 e. The van der Waals surface area contributed by atoms with Crippen molar-refractivity contribution in [2.75, 3.05) is 12.0 Å². The van der Waals surface area contributed by atoms with E-state index >= 15 is 0 Å². The molecule has 2 aromatic carbocycles. The number of anilines is 1. The molecule has 0 radical (unpaired) electrons. The number of hydrogen-bond acceptors (Lipinski definition) is 8. The molecule has 1 saturated heterocycles. The van der Waals surface area contributed by atoms with Crippen molar-refractivity contribution >= 4 is 33.9 Å². The van der Waals surface area contributed by atoms with E-state index in [0.29, 0.717) is 11.1 Å². The molecule has 1 fully saturated rings. The minimum Gasteiger partial charge on any atom is -0.507 e. The van der Waals surface area contributed by atoms with Crippen molar-refractivity contribution in [2.24, 2.45) is 0 Å². The lowest BCUT2D eigenvalue weighted by atomic mass is 9.95. The van der Waals surface area contributed by atoms with Gasteiger partial charge >= 0.3 is 5.91 Å². The summed E-state index contributed by atoms with van der Waals surface area (Å²) in [5, 5.41) is 28.9. The number of phenols is 1. The Hall–Kier alpha value is -3.72. The van der Waals surface area contributed by atoms with Crippen LogP contribution in [0.25, 0.3) is 5.76 Å². The van der Waals surface area contributed by atoms with E-state index in [-0.39, 0.29) is 28.0 Å². The molecule has 3 aromatic rings. The van der Waals surface area contributed by atoms with Crippen LogP contribution in [-0.2, 0) is 9.59 Å². The summed E-state index contributed by atoms with van der Waals surface area (Å²) in [6.45, 7) is 1.90. The Labute approximate surface area is 175 Å². The zero-order valence-electron chi connectivity index (χ0n) is 16.1. The predicted molar refractivity (Wildman–Crippen MR) is 111 cm³/mol. The average molecular weight is 423 g/mol. The Morgan fingerprint density at radius 1 is 1.17 bits per heavy atom. The molecule has 2 N–H and O–H groups in total. The molecule has 0 saturated carbocycles. The van der Waals surface area contributed by atoms with E-state index in [9.17, 15) is 19.8 Å². The average Bonchev–Trinajstić information content (AvgIpc) is 3.35. The number of hydrogen-bond donors (Lipinski definition) is 2. The monoisotopic (exact) mass is 423 g/mol. The second kappa shape index (κ2) is 7.60. The molecule has 0 aliphatic carbocycles. The topological polar surface area (TPSA) is 113 Å². The number of aryl methyl sites for hydroxylation is 1. The first-order chi connectivity index (χ1) is 14.4. The Balaban J connectivity index is 1.95. The molecule has 1 unspecified atom stereocenters. The van der Waals surface area contributed by atoms with Crippen molar-refractivity contribution in [3.8, 4) is 11.5 Å². The molecule has 1 aliphatic rings. The van der Waals surface area contributed by atoms with Crippen LogP contribution >= 0.6 is 11.3 Å². The summed E-state index contributed by atoms with van der Waals surface area (Å²) in [5.74, 6) is -1.87. The third kappa shape index (κ3) is 3.18. The Bertz CT molecular complexity index is 1160. The van der Waals surface area contributed by atoms with Crippen LogP contribution < -0.4 is 9.64 Å². The van der Waals surface area contributed by atoms with Crippen LogP contribution in [0.4, 0.5) is 5.13 Å². The van der Waals surface area contributed by atoms with E-state index in [0.717, 1.165) is 16.9 Å². The highest BCUT2D eigenvalue weighted by molar-refractivity contribution is 7.13. The number of Topliss-reactive ketones (excluding diaryl/α,β-unsaturated/α-hetero) is 1. The number of nitrogens with zero attached hydrogens (tertiary/aromatic N) is 3. The van der Waals surface area contributed by atoms with E-state index in [1.54, 1.807) is 30.3 Å². The number of ketones is 1. The number of aliphatic hydroxyl groups excluding tert-OH is 1. The van der Waals surface area contributed by atoms with E-state index < -0.39 is 17.7 Å². The summed E-state index contributed by atoms with van der Waals surface area (Å²) >= 11 is 1.09. The summed E-state index contributed by atoms with van der Waals surface area (Å²) in [6, 6.07) is 10.5. The van der Waals surface area contributed by atoms with E-state index in [4.69, 9.17) is 4.74 Å². The first-order valence-electron chi connectivity index (χ1n) is 8.93. The Morgan fingerprint density at radius 3 is 2.53 bits per heavy atom. The largest absolute Gasteiger partial charge is 0.507 e. The van der Waals surface area contributed by atoms with Crippen LogP contribution in [0.2, 0.25) is 0 Å². The van der Waals surface area contributed by atoms with E-state index in [1.165, 1.54) is 29.7 Å². The number of methoxy groups -OCH3 is 1. The highest BCUT2D eigenvalue weighted by atomic mass is 32.1. The van der Waals surface area contributed by atoms with Gasteiger partial charge in [-0.15, -0.1) is 10.2 Å². The van der Waals surface area contributed by atoms with Crippen molar-refractivity contribution in [2.45, 2.75) is 13.0 Å².